The molecule has 0 saturated carbocycles. The highest BCUT2D eigenvalue weighted by Gasteiger charge is 2.35. The SMILES string of the molecule is CCOC(=O)CC1(N)CCN(C(=O)OCc2ccccc2)CC1. The fourth-order valence-electron chi connectivity index (χ4n) is 2.62. The summed E-state index contributed by atoms with van der Waals surface area (Å²) in [5.74, 6) is -0.282. The van der Waals surface area contributed by atoms with Crippen LogP contribution in [0.2, 0.25) is 0 Å². The Hall–Kier alpha value is -2.08. The topological polar surface area (TPSA) is 81.9 Å². The van der Waals surface area contributed by atoms with Crippen molar-refractivity contribution in [1.82, 2.24) is 4.90 Å². The molecular formula is C17H24N2O4. The van der Waals surface area contributed by atoms with Crippen LogP contribution in [-0.4, -0.2) is 42.2 Å². The van der Waals surface area contributed by atoms with Crippen LogP contribution in [0.1, 0.15) is 31.7 Å². The highest BCUT2D eigenvalue weighted by molar-refractivity contribution is 5.71. The zero-order valence-corrected chi connectivity index (χ0v) is 13.5. The van der Waals surface area contributed by atoms with Gasteiger partial charge in [-0.1, -0.05) is 30.3 Å². The van der Waals surface area contributed by atoms with Crippen molar-refractivity contribution in [1.29, 1.82) is 0 Å². The minimum atomic E-state index is -0.595. The van der Waals surface area contributed by atoms with Crippen molar-refractivity contribution in [2.24, 2.45) is 5.73 Å². The van der Waals surface area contributed by atoms with E-state index >= 15 is 0 Å². The van der Waals surface area contributed by atoms with E-state index in [1.54, 1.807) is 11.8 Å². The number of rotatable bonds is 5. The summed E-state index contributed by atoms with van der Waals surface area (Å²) in [5, 5.41) is 0. The quantitative estimate of drug-likeness (QED) is 0.840. The molecule has 1 aliphatic rings. The second kappa shape index (κ2) is 7.97. The maximum Gasteiger partial charge on any atom is 0.410 e. The first-order chi connectivity index (χ1) is 11.0. The smallest absolute Gasteiger partial charge is 0.410 e. The summed E-state index contributed by atoms with van der Waals surface area (Å²) < 4.78 is 10.3. The van der Waals surface area contributed by atoms with Gasteiger partial charge in [0.05, 0.1) is 13.0 Å². The van der Waals surface area contributed by atoms with Crippen LogP contribution in [0.25, 0.3) is 0 Å². The Labute approximate surface area is 136 Å². The summed E-state index contributed by atoms with van der Waals surface area (Å²) in [4.78, 5) is 25.3. The number of esters is 1. The molecule has 1 saturated heterocycles. The van der Waals surface area contributed by atoms with Gasteiger partial charge in [-0.15, -0.1) is 0 Å². The number of carbonyl (C=O) groups excluding carboxylic acids is 2. The van der Waals surface area contributed by atoms with Gasteiger partial charge in [0.1, 0.15) is 6.61 Å². The normalized spacial score (nSPS) is 16.7. The van der Waals surface area contributed by atoms with Gasteiger partial charge >= 0.3 is 12.1 Å². The molecule has 2 N–H and O–H groups in total. The van der Waals surface area contributed by atoms with Crippen LogP contribution >= 0.6 is 0 Å². The van der Waals surface area contributed by atoms with Crippen LogP contribution in [-0.2, 0) is 20.9 Å². The number of carbonyl (C=O) groups is 2. The number of hydrogen-bond donors (Lipinski definition) is 1. The largest absolute Gasteiger partial charge is 0.466 e. The van der Waals surface area contributed by atoms with Crippen LogP contribution in [0.15, 0.2) is 30.3 Å². The summed E-state index contributed by atoms with van der Waals surface area (Å²) >= 11 is 0. The van der Waals surface area contributed by atoms with Gasteiger partial charge < -0.3 is 20.1 Å². The number of likely N-dealkylation sites (tertiary alicyclic amines) is 1. The molecule has 1 aromatic carbocycles. The lowest BCUT2D eigenvalue weighted by Crippen LogP contribution is -2.53. The first-order valence-corrected chi connectivity index (χ1v) is 7.92. The number of ether oxygens (including phenoxy) is 2. The van der Waals surface area contributed by atoms with Crippen LogP contribution in [0.4, 0.5) is 4.79 Å². The van der Waals surface area contributed by atoms with Gasteiger partial charge in [-0.3, -0.25) is 4.79 Å². The lowest BCUT2D eigenvalue weighted by Gasteiger charge is -2.38. The van der Waals surface area contributed by atoms with Crippen molar-refractivity contribution in [2.75, 3.05) is 19.7 Å². The predicted molar refractivity (Wildman–Crippen MR) is 85.6 cm³/mol. The van der Waals surface area contributed by atoms with E-state index in [4.69, 9.17) is 15.2 Å². The molecule has 0 radical (unpaired) electrons. The van der Waals surface area contributed by atoms with Crippen molar-refractivity contribution >= 4 is 12.1 Å². The molecular weight excluding hydrogens is 296 g/mol. The van der Waals surface area contributed by atoms with Crippen LogP contribution in [0.3, 0.4) is 0 Å². The summed E-state index contributed by atoms with van der Waals surface area (Å²) in [6, 6.07) is 9.55. The van der Waals surface area contributed by atoms with Crippen LogP contribution in [0, 0.1) is 0 Å². The third-order valence-electron chi connectivity index (χ3n) is 4.02. The lowest BCUT2D eigenvalue weighted by atomic mass is 9.85. The fourth-order valence-corrected chi connectivity index (χ4v) is 2.62. The number of piperidine rings is 1. The van der Waals surface area contributed by atoms with E-state index in [1.165, 1.54) is 0 Å². The van der Waals surface area contributed by atoms with E-state index in [0.717, 1.165) is 5.56 Å². The minimum absolute atomic E-state index is 0.188. The van der Waals surface area contributed by atoms with Gasteiger partial charge in [0, 0.05) is 18.6 Å². The Kier molecular flexibility index (Phi) is 5.98. The van der Waals surface area contributed by atoms with Gasteiger partial charge in [0.25, 0.3) is 0 Å². The van der Waals surface area contributed by atoms with Crippen molar-refractivity contribution in [2.45, 2.75) is 38.3 Å². The van der Waals surface area contributed by atoms with Gasteiger partial charge in [-0.2, -0.15) is 0 Å². The zero-order valence-electron chi connectivity index (χ0n) is 13.5. The monoisotopic (exact) mass is 320 g/mol. The second-order valence-electron chi connectivity index (χ2n) is 5.87. The molecule has 23 heavy (non-hydrogen) atoms. The molecule has 1 aromatic rings. The molecule has 0 unspecified atom stereocenters. The summed E-state index contributed by atoms with van der Waals surface area (Å²) in [7, 11) is 0. The minimum Gasteiger partial charge on any atom is -0.466 e. The molecule has 1 aliphatic heterocycles. The molecule has 2 rings (SSSR count). The number of nitrogens with two attached hydrogens (primary N) is 1. The van der Waals surface area contributed by atoms with E-state index in [-0.39, 0.29) is 25.1 Å². The Morgan fingerprint density at radius 1 is 1.17 bits per heavy atom. The van der Waals surface area contributed by atoms with E-state index in [0.29, 0.717) is 32.5 Å². The summed E-state index contributed by atoms with van der Waals surface area (Å²) in [6.07, 6.45) is 0.971. The molecule has 0 bridgehead atoms. The van der Waals surface area contributed by atoms with E-state index in [1.807, 2.05) is 30.3 Å². The molecule has 1 heterocycles. The van der Waals surface area contributed by atoms with Crippen LogP contribution in [0.5, 0.6) is 0 Å². The average Bonchev–Trinajstić information content (AvgIpc) is 2.54. The number of benzene rings is 1. The van der Waals surface area contributed by atoms with Gasteiger partial charge in [-0.25, -0.2) is 4.79 Å². The average molecular weight is 320 g/mol. The molecule has 1 fully saturated rings. The zero-order chi connectivity index (χ0) is 16.7. The summed E-state index contributed by atoms with van der Waals surface area (Å²) in [6.45, 7) is 3.36. The number of nitrogens with zero attached hydrogens (tertiary/aromatic N) is 1. The third-order valence-corrected chi connectivity index (χ3v) is 4.02. The Bertz CT molecular complexity index is 525. The third kappa shape index (κ3) is 5.25. The molecule has 1 amide bonds. The molecule has 6 nitrogen and oxygen atoms in total. The Balaban J connectivity index is 1.77. The van der Waals surface area contributed by atoms with Crippen molar-refractivity contribution in [3.05, 3.63) is 35.9 Å². The highest BCUT2D eigenvalue weighted by Crippen LogP contribution is 2.24. The van der Waals surface area contributed by atoms with Crippen molar-refractivity contribution in [3.8, 4) is 0 Å². The maximum atomic E-state index is 12.1. The standard InChI is InChI=1S/C17H24N2O4/c1-2-22-15(20)12-17(18)8-10-19(11-9-17)16(21)23-13-14-6-4-3-5-7-14/h3-7H,2,8-13,18H2,1H3. The maximum absolute atomic E-state index is 12.1. The van der Waals surface area contributed by atoms with Crippen molar-refractivity contribution < 1.29 is 19.1 Å². The van der Waals surface area contributed by atoms with Crippen LogP contribution < -0.4 is 5.73 Å². The van der Waals surface area contributed by atoms with Gasteiger partial charge in [0.2, 0.25) is 0 Å². The van der Waals surface area contributed by atoms with Crippen molar-refractivity contribution in [3.63, 3.8) is 0 Å². The van der Waals surface area contributed by atoms with E-state index < -0.39 is 5.54 Å². The number of amides is 1. The second-order valence-corrected chi connectivity index (χ2v) is 5.87. The molecule has 126 valence electrons. The Morgan fingerprint density at radius 3 is 2.43 bits per heavy atom. The number of hydrogen-bond acceptors (Lipinski definition) is 5. The Morgan fingerprint density at radius 2 is 1.83 bits per heavy atom. The first-order valence-electron chi connectivity index (χ1n) is 7.92. The predicted octanol–water partition coefficient (Wildman–Crippen LogP) is 2.07. The highest BCUT2D eigenvalue weighted by atomic mass is 16.6. The molecule has 6 heteroatoms. The van der Waals surface area contributed by atoms with E-state index in [9.17, 15) is 9.59 Å². The fraction of sp³-hybridized carbons (Fsp3) is 0.529. The summed E-state index contributed by atoms with van der Waals surface area (Å²) in [5.41, 5.74) is 6.60. The molecule has 0 aliphatic carbocycles. The first kappa shape index (κ1) is 17.3. The van der Waals surface area contributed by atoms with E-state index in [2.05, 4.69) is 0 Å². The molecule has 0 aromatic heterocycles. The molecule has 0 spiro atoms. The lowest BCUT2D eigenvalue weighted by molar-refractivity contribution is -0.144. The van der Waals surface area contributed by atoms with Gasteiger partial charge in [-0.05, 0) is 25.3 Å². The molecule has 0 atom stereocenters. The van der Waals surface area contributed by atoms with Gasteiger partial charge in [0.15, 0.2) is 0 Å².